The van der Waals surface area contributed by atoms with Crippen LogP contribution in [0.2, 0.25) is 0 Å². The Morgan fingerprint density at radius 1 is 0.882 bits per heavy atom. The average molecular weight is 226 g/mol. The fourth-order valence-corrected chi connectivity index (χ4v) is 1.88. The van der Waals surface area contributed by atoms with Crippen molar-refractivity contribution in [3.8, 4) is 0 Å². The first-order chi connectivity index (χ1) is 8.15. The van der Waals surface area contributed by atoms with E-state index in [0.29, 0.717) is 0 Å². The van der Waals surface area contributed by atoms with E-state index in [1.54, 1.807) is 0 Å². The topological polar surface area (TPSA) is 3.88 Å². The summed E-state index contributed by atoms with van der Waals surface area (Å²) >= 11 is 0. The van der Waals surface area contributed by atoms with Crippen LogP contribution in [-0.2, 0) is 13.0 Å². The van der Waals surface area contributed by atoms with Crippen molar-refractivity contribution in [2.75, 3.05) is 0 Å². The van der Waals surface area contributed by atoms with Crippen molar-refractivity contribution < 1.29 is 4.57 Å². The molecule has 0 aliphatic carbocycles. The number of hydrogen-bond acceptors (Lipinski definition) is 0. The number of pyridine rings is 1. The lowest BCUT2D eigenvalue weighted by atomic mass is 10.1. The number of hydrogen-bond donors (Lipinski definition) is 0. The minimum atomic E-state index is 1.05. The van der Waals surface area contributed by atoms with Gasteiger partial charge < -0.3 is 0 Å². The third-order valence-corrected chi connectivity index (χ3v) is 3.28. The molecule has 0 saturated heterocycles. The van der Waals surface area contributed by atoms with Crippen LogP contribution in [0, 0.1) is 20.8 Å². The Hall–Kier alpha value is -1.63. The van der Waals surface area contributed by atoms with Gasteiger partial charge in [0.15, 0.2) is 18.9 Å². The van der Waals surface area contributed by atoms with Crippen LogP contribution in [0.4, 0.5) is 0 Å². The molecule has 88 valence electrons. The molecule has 0 fully saturated rings. The monoisotopic (exact) mass is 226 g/mol. The van der Waals surface area contributed by atoms with Crippen molar-refractivity contribution in [3.05, 3.63) is 65.0 Å². The molecule has 1 heteroatoms. The Bertz CT molecular complexity index is 497. The van der Waals surface area contributed by atoms with E-state index in [4.69, 9.17) is 0 Å². The molecule has 0 unspecified atom stereocenters. The molecule has 0 spiro atoms. The fraction of sp³-hybridized carbons (Fsp3) is 0.312. The van der Waals surface area contributed by atoms with Crippen LogP contribution in [0.25, 0.3) is 0 Å². The SMILES string of the molecule is Cc1ccc(CC[n+]2ccc(C)c(C)c2)cc1. The van der Waals surface area contributed by atoms with Crippen molar-refractivity contribution >= 4 is 0 Å². The lowest BCUT2D eigenvalue weighted by Crippen LogP contribution is -2.34. The average Bonchev–Trinajstić information content (AvgIpc) is 2.33. The third kappa shape index (κ3) is 3.16. The first-order valence-electron chi connectivity index (χ1n) is 6.17. The van der Waals surface area contributed by atoms with E-state index in [-0.39, 0.29) is 0 Å². The zero-order valence-electron chi connectivity index (χ0n) is 10.9. The summed E-state index contributed by atoms with van der Waals surface area (Å²) < 4.78 is 2.27. The Morgan fingerprint density at radius 2 is 1.59 bits per heavy atom. The number of rotatable bonds is 3. The maximum Gasteiger partial charge on any atom is 0.171 e. The molecule has 0 aliphatic rings. The summed E-state index contributed by atoms with van der Waals surface area (Å²) in [5, 5.41) is 0. The number of aryl methyl sites for hydroxylation is 5. The molecule has 0 aliphatic heterocycles. The maximum atomic E-state index is 2.27. The van der Waals surface area contributed by atoms with Gasteiger partial charge in [0.25, 0.3) is 0 Å². The fourth-order valence-electron chi connectivity index (χ4n) is 1.88. The summed E-state index contributed by atoms with van der Waals surface area (Å²) in [5.41, 5.74) is 5.45. The smallest absolute Gasteiger partial charge is 0.171 e. The largest absolute Gasteiger partial charge is 0.204 e. The molecule has 0 bridgehead atoms. The van der Waals surface area contributed by atoms with Gasteiger partial charge in [-0.3, -0.25) is 0 Å². The molecule has 0 saturated carbocycles. The van der Waals surface area contributed by atoms with Crippen molar-refractivity contribution in [2.24, 2.45) is 0 Å². The van der Waals surface area contributed by atoms with Gasteiger partial charge in [-0.05, 0) is 31.9 Å². The Morgan fingerprint density at radius 3 is 2.24 bits per heavy atom. The highest BCUT2D eigenvalue weighted by atomic mass is 14.9. The number of aromatic nitrogens is 1. The van der Waals surface area contributed by atoms with Crippen LogP contribution in [0.5, 0.6) is 0 Å². The van der Waals surface area contributed by atoms with Gasteiger partial charge in [0.2, 0.25) is 0 Å². The van der Waals surface area contributed by atoms with Crippen LogP contribution in [-0.4, -0.2) is 0 Å². The minimum absolute atomic E-state index is 1.05. The Balaban J connectivity index is 2.02. The second kappa shape index (κ2) is 5.13. The van der Waals surface area contributed by atoms with Crippen LogP contribution in [0.1, 0.15) is 22.3 Å². The molecule has 2 aromatic rings. The molecule has 17 heavy (non-hydrogen) atoms. The molecule has 1 aromatic carbocycles. The van der Waals surface area contributed by atoms with Crippen molar-refractivity contribution in [1.29, 1.82) is 0 Å². The molecule has 0 N–H and O–H groups in total. The zero-order valence-corrected chi connectivity index (χ0v) is 10.9. The maximum absolute atomic E-state index is 2.27. The van der Waals surface area contributed by atoms with E-state index in [9.17, 15) is 0 Å². The van der Waals surface area contributed by atoms with E-state index < -0.39 is 0 Å². The van der Waals surface area contributed by atoms with Gasteiger partial charge in [-0.1, -0.05) is 29.8 Å². The molecule has 1 aromatic heterocycles. The molecule has 0 radical (unpaired) electrons. The Kier molecular flexibility index (Phi) is 3.58. The zero-order chi connectivity index (χ0) is 12.3. The summed E-state index contributed by atoms with van der Waals surface area (Å²) in [4.78, 5) is 0. The van der Waals surface area contributed by atoms with Crippen molar-refractivity contribution in [3.63, 3.8) is 0 Å². The number of benzene rings is 1. The first-order valence-corrected chi connectivity index (χ1v) is 6.17. The first kappa shape index (κ1) is 11.8. The summed E-state index contributed by atoms with van der Waals surface area (Å²) in [6, 6.07) is 11.0. The summed E-state index contributed by atoms with van der Waals surface area (Å²) in [6.07, 6.45) is 5.48. The van der Waals surface area contributed by atoms with Gasteiger partial charge in [0.05, 0.1) is 0 Å². The normalized spacial score (nSPS) is 10.5. The molecule has 1 heterocycles. The van der Waals surface area contributed by atoms with E-state index in [2.05, 4.69) is 68.1 Å². The van der Waals surface area contributed by atoms with Crippen molar-refractivity contribution in [2.45, 2.75) is 33.7 Å². The Labute approximate surface area is 104 Å². The molecule has 1 nitrogen and oxygen atoms in total. The standard InChI is InChI=1S/C16H20N/c1-13-4-6-16(7-5-13)9-11-17-10-8-14(2)15(3)12-17/h4-8,10,12H,9,11H2,1-3H3/q+1. The third-order valence-electron chi connectivity index (χ3n) is 3.28. The summed E-state index contributed by atoms with van der Waals surface area (Å²) in [5.74, 6) is 0. The highest BCUT2D eigenvalue weighted by molar-refractivity contribution is 5.21. The highest BCUT2D eigenvalue weighted by Gasteiger charge is 2.03. The lowest BCUT2D eigenvalue weighted by Gasteiger charge is -2.02. The lowest BCUT2D eigenvalue weighted by molar-refractivity contribution is -0.696. The predicted molar refractivity (Wildman–Crippen MR) is 71.0 cm³/mol. The molecular formula is C16H20N+. The summed E-state index contributed by atoms with van der Waals surface area (Å²) in [7, 11) is 0. The van der Waals surface area contributed by atoms with Crippen LogP contribution in [0.3, 0.4) is 0 Å². The molecule has 2 rings (SSSR count). The highest BCUT2D eigenvalue weighted by Crippen LogP contribution is 2.04. The van der Waals surface area contributed by atoms with Crippen LogP contribution < -0.4 is 4.57 Å². The van der Waals surface area contributed by atoms with E-state index in [1.165, 1.54) is 22.3 Å². The minimum Gasteiger partial charge on any atom is -0.204 e. The number of nitrogens with zero attached hydrogens (tertiary/aromatic N) is 1. The summed E-state index contributed by atoms with van der Waals surface area (Å²) in [6.45, 7) is 7.49. The van der Waals surface area contributed by atoms with Crippen molar-refractivity contribution in [1.82, 2.24) is 0 Å². The molecule has 0 atom stereocenters. The van der Waals surface area contributed by atoms with Gasteiger partial charge in [-0.2, -0.15) is 0 Å². The second-order valence-corrected chi connectivity index (χ2v) is 4.78. The van der Waals surface area contributed by atoms with Crippen LogP contribution >= 0.6 is 0 Å². The van der Waals surface area contributed by atoms with Gasteiger partial charge in [-0.15, -0.1) is 0 Å². The molecular weight excluding hydrogens is 206 g/mol. The van der Waals surface area contributed by atoms with E-state index >= 15 is 0 Å². The van der Waals surface area contributed by atoms with Gasteiger partial charge in [0, 0.05) is 18.1 Å². The van der Waals surface area contributed by atoms with Crippen LogP contribution in [0.15, 0.2) is 42.7 Å². The van der Waals surface area contributed by atoms with Gasteiger partial charge in [-0.25, -0.2) is 4.57 Å². The quantitative estimate of drug-likeness (QED) is 0.708. The van der Waals surface area contributed by atoms with Gasteiger partial charge in [0.1, 0.15) is 0 Å². The van der Waals surface area contributed by atoms with Gasteiger partial charge >= 0.3 is 0 Å². The second-order valence-electron chi connectivity index (χ2n) is 4.78. The van der Waals surface area contributed by atoms with E-state index in [0.717, 1.165) is 13.0 Å². The molecule has 0 amide bonds. The predicted octanol–water partition coefficient (Wildman–Crippen LogP) is 3.14. The van der Waals surface area contributed by atoms with E-state index in [1.807, 2.05) is 0 Å².